The van der Waals surface area contributed by atoms with E-state index < -0.39 is 0 Å². The first-order valence-electron chi connectivity index (χ1n) is 4.70. The van der Waals surface area contributed by atoms with Crippen LogP contribution in [-0.2, 0) is 19.7 Å². The molecule has 0 aliphatic rings. The predicted molar refractivity (Wildman–Crippen MR) is 61.4 cm³/mol. The number of aryl methyl sites for hydroxylation is 1. The molecule has 2 aromatic heterocycles. The second kappa shape index (κ2) is 3.02. The standard InChI is InChI=1S/C10H8N4OS/c1-13-8(15)6-4-2-3-5-7(6)14-9(13)11-12-10(14)16/h2-5H,1H3,(H,12,16)/p-1. The Morgan fingerprint density at radius 3 is 2.81 bits per heavy atom. The molecule has 0 bridgehead atoms. The van der Waals surface area contributed by atoms with Crippen molar-refractivity contribution in [1.82, 2.24) is 19.2 Å². The number of hydrogen-bond donors (Lipinski definition) is 0. The summed E-state index contributed by atoms with van der Waals surface area (Å²) in [5, 5.41) is 8.69. The van der Waals surface area contributed by atoms with Crippen LogP contribution in [0.5, 0.6) is 0 Å². The van der Waals surface area contributed by atoms with E-state index in [-0.39, 0.29) is 5.56 Å². The number of aromatic nitrogens is 4. The highest BCUT2D eigenvalue weighted by molar-refractivity contribution is 7.58. The molecule has 80 valence electrons. The summed E-state index contributed by atoms with van der Waals surface area (Å²) >= 11 is 5.09. The van der Waals surface area contributed by atoms with Gasteiger partial charge in [0.15, 0.2) is 0 Å². The zero-order valence-electron chi connectivity index (χ0n) is 8.41. The van der Waals surface area contributed by atoms with Gasteiger partial charge in [-0.05, 0) is 12.1 Å². The maximum atomic E-state index is 12.0. The largest absolute Gasteiger partial charge is 0.740 e. The second-order valence-corrected chi connectivity index (χ2v) is 3.86. The minimum Gasteiger partial charge on any atom is -0.740 e. The molecule has 0 saturated heterocycles. The lowest BCUT2D eigenvalue weighted by molar-refractivity contribution is 0.854. The number of para-hydroxylation sites is 1. The third-order valence-electron chi connectivity index (χ3n) is 2.60. The molecule has 0 radical (unpaired) electrons. The molecule has 0 N–H and O–H groups in total. The molecular formula is C10H7N4OS-. The van der Waals surface area contributed by atoms with Gasteiger partial charge in [0.2, 0.25) is 5.78 Å². The number of hydrogen-bond acceptors (Lipinski definition) is 4. The summed E-state index contributed by atoms with van der Waals surface area (Å²) in [6.45, 7) is 0. The molecule has 0 aliphatic carbocycles. The minimum absolute atomic E-state index is 0.0921. The van der Waals surface area contributed by atoms with Crippen molar-refractivity contribution in [1.29, 1.82) is 0 Å². The molecule has 16 heavy (non-hydrogen) atoms. The molecule has 2 heterocycles. The molecule has 1 aromatic carbocycles. The van der Waals surface area contributed by atoms with Gasteiger partial charge in [-0.25, -0.2) is 0 Å². The van der Waals surface area contributed by atoms with Gasteiger partial charge in [0.25, 0.3) is 5.56 Å². The van der Waals surface area contributed by atoms with Gasteiger partial charge in [-0.2, -0.15) is 5.10 Å². The highest BCUT2D eigenvalue weighted by Gasteiger charge is 2.08. The Bertz CT molecular complexity index is 758. The highest BCUT2D eigenvalue weighted by atomic mass is 32.1. The van der Waals surface area contributed by atoms with Crippen LogP contribution in [0.25, 0.3) is 16.7 Å². The summed E-state index contributed by atoms with van der Waals surface area (Å²) in [5.74, 6) is 0.466. The number of nitrogens with zero attached hydrogens (tertiary/aromatic N) is 4. The number of benzene rings is 1. The highest BCUT2D eigenvalue weighted by Crippen LogP contribution is 2.12. The molecule has 6 heteroatoms. The molecular weight excluding hydrogens is 224 g/mol. The molecule has 0 fully saturated rings. The fraction of sp³-hybridized carbons (Fsp3) is 0.100. The summed E-state index contributed by atoms with van der Waals surface area (Å²) in [6.07, 6.45) is 0. The van der Waals surface area contributed by atoms with E-state index in [2.05, 4.69) is 10.2 Å². The monoisotopic (exact) mass is 231 g/mol. The quantitative estimate of drug-likeness (QED) is 0.528. The first-order chi connectivity index (χ1) is 7.70. The van der Waals surface area contributed by atoms with Gasteiger partial charge in [-0.3, -0.25) is 13.8 Å². The lowest BCUT2D eigenvalue weighted by Crippen LogP contribution is -2.20. The van der Waals surface area contributed by atoms with E-state index in [1.165, 1.54) is 4.57 Å². The Kier molecular flexibility index (Phi) is 1.75. The Morgan fingerprint density at radius 1 is 1.25 bits per heavy atom. The van der Waals surface area contributed by atoms with Crippen LogP contribution in [0, 0.1) is 0 Å². The Labute approximate surface area is 95.8 Å². The van der Waals surface area contributed by atoms with Crippen LogP contribution in [0.1, 0.15) is 0 Å². The zero-order valence-corrected chi connectivity index (χ0v) is 9.23. The van der Waals surface area contributed by atoms with Crippen molar-refractivity contribution in [2.75, 3.05) is 0 Å². The van der Waals surface area contributed by atoms with Gasteiger partial charge >= 0.3 is 0 Å². The van der Waals surface area contributed by atoms with E-state index in [9.17, 15) is 4.79 Å². The summed E-state index contributed by atoms with van der Waals surface area (Å²) in [6, 6.07) is 7.29. The maximum absolute atomic E-state index is 12.0. The van der Waals surface area contributed by atoms with Crippen molar-refractivity contribution in [3.8, 4) is 0 Å². The van der Waals surface area contributed by atoms with Crippen molar-refractivity contribution in [3.63, 3.8) is 0 Å². The van der Waals surface area contributed by atoms with Gasteiger partial charge in [-0.15, -0.1) is 5.10 Å². The SMILES string of the molecule is Cn1c(=O)c2ccccc2n2c([S-])nnc12. The van der Waals surface area contributed by atoms with E-state index in [1.807, 2.05) is 18.2 Å². The van der Waals surface area contributed by atoms with Crippen LogP contribution in [0.4, 0.5) is 0 Å². The lowest BCUT2D eigenvalue weighted by atomic mass is 10.2. The van der Waals surface area contributed by atoms with E-state index in [4.69, 9.17) is 12.6 Å². The summed E-state index contributed by atoms with van der Waals surface area (Å²) < 4.78 is 3.15. The van der Waals surface area contributed by atoms with Crippen LogP contribution in [-0.4, -0.2) is 19.2 Å². The molecule has 0 unspecified atom stereocenters. The van der Waals surface area contributed by atoms with Gasteiger partial charge < -0.3 is 12.6 Å². The van der Waals surface area contributed by atoms with E-state index in [1.54, 1.807) is 17.5 Å². The molecule has 3 rings (SSSR count). The average Bonchev–Trinajstić information content (AvgIpc) is 2.69. The lowest BCUT2D eigenvalue weighted by Gasteiger charge is -2.09. The smallest absolute Gasteiger partial charge is 0.262 e. The maximum Gasteiger partial charge on any atom is 0.262 e. The van der Waals surface area contributed by atoms with Crippen LogP contribution < -0.4 is 5.56 Å². The molecule has 3 aromatic rings. The summed E-state index contributed by atoms with van der Waals surface area (Å²) in [5.41, 5.74) is 0.654. The van der Waals surface area contributed by atoms with Crippen molar-refractivity contribution < 1.29 is 0 Å². The Morgan fingerprint density at radius 2 is 2.00 bits per heavy atom. The summed E-state index contributed by atoms with van der Waals surface area (Å²) in [7, 11) is 1.66. The van der Waals surface area contributed by atoms with Gasteiger partial charge in [0.1, 0.15) is 0 Å². The van der Waals surface area contributed by atoms with E-state index in [0.29, 0.717) is 16.3 Å². The van der Waals surface area contributed by atoms with Gasteiger partial charge in [0.05, 0.1) is 10.9 Å². The molecule has 0 aliphatic heterocycles. The Balaban J connectivity index is 2.77. The first kappa shape index (κ1) is 9.29. The van der Waals surface area contributed by atoms with Crippen molar-refractivity contribution in [2.24, 2.45) is 7.05 Å². The third-order valence-corrected chi connectivity index (χ3v) is 2.86. The third kappa shape index (κ3) is 1.02. The molecule has 0 amide bonds. The van der Waals surface area contributed by atoms with Crippen molar-refractivity contribution in [3.05, 3.63) is 34.6 Å². The molecule has 0 saturated carbocycles. The van der Waals surface area contributed by atoms with Crippen LogP contribution in [0.3, 0.4) is 0 Å². The van der Waals surface area contributed by atoms with Gasteiger partial charge in [-0.1, -0.05) is 12.1 Å². The van der Waals surface area contributed by atoms with E-state index >= 15 is 0 Å². The molecule has 5 nitrogen and oxygen atoms in total. The topological polar surface area (TPSA) is 52.2 Å². The molecule has 0 atom stereocenters. The zero-order chi connectivity index (χ0) is 11.3. The van der Waals surface area contributed by atoms with E-state index in [0.717, 1.165) is 5.52 Å². The first-order valence-corrected chi connectivity index (χ1v) is 5.11. The van der Waals surface area contributed by atoms with Crippen LogP contribution in [0.15, 0.2) is 34.2 Å². The van der Waals surface area contributed by atoms with Crippen molar-refractivity contribution in [2.45, 2.75) is 5.16 Å². The van der Waals surface area contributed by atoms with Gasteiger partial charge in [0, 0.05) is 12.2 Å². The second-order valence-electron chi connectivity index (χ2n) is 3.50. The minimum atomic E-state index is -0.0921. The predicted octanol–water partition coefficient (Wildman–Crippen LogP) is 0.487. The molecule has 0 spiro atoms. The normalized spacial score (nSPS) is 11.3. The number of rotatable bonds is 0. The average molecular weight is 231 g/mol. The fourth-order valence-corrected chi connectivity index (χ4v) is 2.03. The fourth-order valence-electron chi connectivity index (χ4n) is 1.81. The number of fused-ring (bicyclic) bond motifs is 3. The summed E-state index contributed by atoms with van der Waals surface area (Å²) in [4.78, 5) is 12.0. The Hall–Kier alpha value is -1.95. The van der Waals surface area contributed by atoms with Crippen molar-refractivity contribution >= 4 is 29.3 Å². The van der Waals surface area contributed by atoms with Crippen LogP contribution >= 0.6 is 0 Å². The van der Waals surface area contributed by atoms with Crippen LogP contribution in [0.2, 0.25) is 0 Å².